The van der Waals surface area contributed by atoms with E-state index in [4.69, 9.17) is 0 Å². The third kappa shape index (κ3) is 3.67. The number of hydrogen-bond acceptors (Lipinski definition) is 2. The van der Waals surface area contributed by atoms with Crippen molar-refractivity contribution in [3.05, 3.63) is 12.2 Å². The summed E-state index contributed by atoms with van der Waals surface area (Å²) >= 11 is 0. The summed E-state index contributed by atoms with van der Waals surface area (Å²) in [5, 5.41) is 3.37. The van der Waals surface area contributed by atoms with E-state index < -0.39 is 0 Å². The second kappa shape index (κ2) is 5.09. The first-order chi connectivity index (χ1) is 5.79. The van der Waals surface area contributed by atoms with E-state index in [0.717, 1.165) is 13.0 Å². The molecule has 1 N–H and O–H groups in total. The summed E-state index contributed by atoms with van der Waals surface area (Å²) in [5.41, 5.74) is 0. The quantitative estimate of drug-likeness (QED) is 0.645. The summed E-state index contributed by atoms with van der Waals surface area (Å²) in [7, 11) is 0. The number of carbonyl (C=O) groups excluding carboxylic acids is 1. The first kappa shape index (κ1) is 9.46. The molecule has 0 radical (unpaired) electrons. The molecule has 12 heavy (non-hydrogen) atoms. The van der Waals surface area contributed by atoms with Crippen LogP contribution in [0, 0.1) is 0 Å². The van der Waals surface area contributed by atoms with Crippen LogP contribution in [0.15, 0.2) is 12.2 Å². The number of nitrogens with one attached hydrogen (secondary N) is 1. The Balaban J connectivity index is 2.08. The number of rotatable bonds is 4. The first-order valence-electron chi connectivity index (χ1n) is 4.68. The van der Waals surface area contributed by atoms with Crippen LogP contribution in [-0.2, 0) is 4.79 Å². The van der Waals surface area contributed by atoms with Crippen molar-refractivity contribution in [2.24, 2.45) is 0 Å². The van der Waals surface area contributed by atoms with Gasteiger partial charge in [0.15, 0.2) is 0 Å². The van der Waals surface area contributed by atoms with E-state index in [1.807, 2.05) is 0 Å². The third-order valence-electron chi connectivity index (χ3n) is 2.13. The minimum absolute atomic E-state index is 0.277. The fourth-order valence-electron chi connectivity index (χ4n) is 1.42. The van der Waals surface area contributed by atoms with Crippen LogP contribution in [0.1, 0.15) is 32.6 Å². The van der Waals surface area contributed by atoms with Crippen molar-refractivity contribution in [3.8, 4) is 0 Å². The highest BCUT2D eigenvalue weighted by atomic mass is 16.1. The summed E-state index contributed by atoms with van der Waals surface area (Å²) in [6, 6.07) is 0.567. The van der Waals surface area contributed by atoms with Gasteiger partial charge in [-0.25, -0.2) is 0 Å². The molecular weight excluding hydrogens is 150 g/mol. The van der Waals surface area contributed by atoms with Crippen molar-refractivity contribution in [3.63, 3.8) is 0 Å². The molecule has 2 heteroatoms. The monoisotopic (exact) mass is 167 g/mol. The first-order valence-corrected chi connectivity index (χ1v) is 4.68. The molecule has 0 aliphatic carbocycles. The summed E-state index contributed by atoms with van der Waals surface area (Å²) < 4.78 is 0. The van der Waals surface area contributed by atoms with Gasteiger partial charge >= 0.3 is 0 Å². The number of Topliss-reactive ketones (excluding diaryl/α,β-unsaturated/α-hetero) is 1. The largest absolute Gasteiger partial charge is 0.311 e. The highest BCUT2D eigenvalue weighted by Crippen LogP contribution is 2.06. The van der Waals surface area contributed by atoms with Crippen LogP contribution < -0.4 is 5.32 Å². The van der Waals surface area contributed by atoms with Crippen LogP contribution in [-0.4, -0.2) is 18.4 Å². The van der Waals surface area contributed by atoms with Crippen molar-refractivity contribution in [1.82, 2.24) is 5.32 Å². The number of carbonyl (C=O) groups is 1. The fraction of sp³-hybridized carbons (Fsp3) is 0.700. The van der Waals surface area contributed by atoms with Gasteiger partial charge in [-0.3, -0.25) is 0 Å². The standard InChI is InChI=1S/C10H17NO/c1-9(12)5-2-3-6-10-7-4-8-11-10/h3,6,10-11H,2,4-5,7-8H2,1H3/b6-3-. The highest BCUT2D eigenvalue weighted by molar-refractivity contribution is 5.75. The Hall–Kier alpha value is -0.630. The lowest BCUT2D eigenvalue weighted by Gasteiger charge is -2.01. The number of hydrogen-bond donors (Lipinski definition) is 1. The summed E-state index contributed by atoms with van der Waals surface area (Å²) in [6.07, 6.45) is 8.41. The SMILES string of the molecule is CC(=O)CC/C=C\C1CCCN1. The molecule has 1 heterocycles. The molecule has 1 atom stereocenters. The summed E-state index contributed by atoms with van der Waals surface area (Å²) in [5.74, 6) is 0.277. The number of ketones is 1. The maximum atomic E-state index is 10.6. The molecule has 2 nitrogen and oxygen atoms in total. The van der Waals surface area contributed by atoms with Crippen LogP contribution in [0.3, 0.4) is 0 Å². The zero-order valence-electron chi connectivity index (χ0n) is 7.68. The van der Waals surface area contributed by atoms with E-state index in [9.17, 15) is 4.79 Å². The molecule has 1 aliphatic heterocycles. The second-order valence-electron chi connectivity index (χ2n) is 3.37. The maximum Gasteiger partial charge on any atom is 0.130 e. The van der Waals surface area contributed by atoms with E-state index in [1.165, 1.54) is 12.8 Å². The average molecular weight is 167 g/mol. The van der Waals surface area contributed by atoms with Crippen molar-refractivity contribution < 1.29 is 4.79 Å². The van der Waals surface area contributed by atoms with E-state index >= 15 is 0 Å². The smallest absolute Gasteiger partial charge is 0.130 e. The molecule has 68 valence electrons. The lowest BCUT2D eigenvalue weighted by molar-refractivity contribution is -0.116. The molecule has 0 spiro atoms. The van der Waals surface area contributed by atoms with Crippen LogP contribution in [0.5, 0.6) is 0 Å². The molecular formula is C10H17NO. The molecule has 1 rings (SSSR count). The van der Waals surface area contributed by atoms with Gasteiger partial charge in [0.1, 0.15) is 5.78 Å². The lowest BCUT2D eigenvalue weighted by atomic mass is 10.1. The predicted molar refractivity (Wildman–Crippen MR) is 50.1 cm³/mol. The molecule has 0 saturated carbocycles. The van der Waals surface area contributed by atoms with Crippen LogP contribution in [0.2, 0.25) is 0 Å². The van der Waals surface area contributed by atoms with E-state index in [0.29, 0.717) is 12.5 Å². The molecule has 0 aromatic rings. The highest BCUT2D eigenvalue weighted by Gasteiger charge is 2.08. The normalized spacial score (nSPS) is 23.6. The van der Waals surface area contributed by atoms with Crippen molar-refractivity contribution in [1.29, 1.82) is 0 Å². The van der Waals surface area contributed by atoms with Gasteiger partial charge in [-0.2, -0.15) is 0 Å². The van der Waals surface area contributed by atoms with Gasteiger partial charge in [-0.05, 0) is 32.7 Å². The van der Waals surface area contributed by atoms with Gasteiger partial charge in [0.25, 0.3) is 0 Å². The van der Waals surface area contributed by atoms with Gasteiger partial charge < -0.3 is 10.1 Å². The Kier molecular flexibility index (Phi) is 4.01. The lowest BCUT2D eigenvalue weighted by Crippen LogP contribution is -2.18. The van der Waals surface area contributed by atoms with Crippen molar-refractivity contribution in [2.45, 2.75) is 38.6 Å². The van der Waals surface area contributed by atoms with Gasteiger partial charge in [-0.1, -0.05) is 12.2 Å². The van der Waals surface area contributed by atoms with Gasteiger partial charge in [-0.15, -0.1) is 0 Å². The fourth-order valence-corrected chi connectivity index (χ4v) is 1.42. The third-order valence-corrected chi connectivity index (χ3v) is 2.13. The molecule has 1 unspecified atom stereocenters. The Bertz CT molecular complexity index is 169. The Labute approximate surface area is 74.0 Å². The van der Waals surface area contributed by atoms with Gasteiger partial charge in [0, 0.05) is 12.5 Å². The van der Waals surface area contributed by atoms with Crippen molar-refractivity contribution in [2.75, 3.05) is 6.54 Å². The molecule has 0 aromatic carbocycles. The number of allylic oxidation sites excluding steroid dienone is 1. The van der Waals surface area contributed by atoms with E-state index in [2.05, 4.69) is 17.5 Å². The minimum atomic E-state index is 0.277. The Morgan fingerprint density at radius 1 is 1.67 bits per heavy atom. The second-order valence-corrected chi connectivity index (χ2v) is 3.37. The molecule has 0 aromatic heterocycles. The van der Waals surface area contributed by atoms with E-state index in [-0.39, 0.29) is 5.78 Å². The molecule has 1 fully saturated rings. The molecule has 1 saturated heterocycles. The minimum Gasteiger partial charge on any atom is -0.311 e. The molecule has 1 aliphatic rings. The van der Waals surface area contributed by atoms with Crippen LogP contribution >= 0.6 is 0 Å². The maximum absolute atomic E-state index is 10.6. The topological polar surface area (TPSA) is 29.1 Å². The van der Waals surface area contributed by atoms with Gasteiger partial charge in [0.2, 0.25) is 0 Å². The van der Waals surface area contributed by atoms with E-state index in [1.54, 1.807) is 6.92 Å². The summed E-state index contributed by atoms with van der Waals surface area (Å²) in [6.45, 7) is 2.78. The van der Waals surface area contributed by atoms with Crippen LogP contribution in [0.4, 0.5) is 0 Å². The zero-order valence-corrected chi connectivity index (χ0v) is 7.68. The zero-order chi connectivity index (χ0) is 8.81. The Morgan fingerprint density at radius 2 is 2.50 bits per heavy atom. The summed E-state index contributed by atoms with van der Waals surface area (Å²) in [4.78, 5) is 10.6. The average Bonchev–Trinajstić information content (AvgIpc) is 2.49. The van der Waals surface area contributed by atoms with Crippen molar-refractivity contribution >= 4 is 5.78 Å². The molecule has 0 bridgehead atoms. The predicted octanol–water partition coefficient (Wildman–Crippen LogP) is 1.66. The van der Waals surface area contributed by atoms with Gasteiger partial charge in [0.05, 0.1) is 0 Å². The molecule has 0 amide bonds. The van der Waals surface area contributed by atoms with Crippen LogP contribution in [0.25, 0.3) is 0 Å². The Morgan fingerprint density at radius 3 is 3.08 bits per heavy atom.